The van der Waals surface area contributed by atoms with Crippen LogP contribution in [0.25, 0.3) is 0 Å². The minimum Gasteiger partial charge on any atom is -0.481 e. The molecule has 6 heteroatoms. The van der Waals surface area contributed by atoms with Gasteiger partial charge in [0, 0.05) is 24.4 Å². The number of nitrogens with zero attached hydrogens (tertiary/aromatic N) is 1. The van der Waals surface area contributed by atoms with E-state index in [9.17, 15) is 13.2 Å². The molecule has 0 spiro atoms. The Morgan fingerprint density at radius 3 is 2.65 bits per heavy atom. The van der Waals surface area contributed by atoms with E-state index < -0.39 is 15.8 Å². The topological polar surface area (TPSA) is 74.7 Å². The van der Waals surface area contributed by atoms with Gasteiger partial charge in [-0.15, -0.1) is 0 Å². The first kappa shape index (κ1) is 12.8. The van der Waals surface area contributed by atoms with Crippen molar-refractivity contribution < 1.29 is 18.3 Å². The molecule has 2 saturated heterocycles. The molecule has 2 fully saturated rings. The lowest BCUT2D eigenvalue weighted by Crippen LogP contribution is -2.36. The average Bonchev–Trinajstić information content (AvgIpc) is 2.83. The number of carbonyl (C=O) groups is 1. The van der Waals surface area contributed by atoms with Crippen LogP contribution in [-0.4, -0.2) is 54.5 Å². The van der Waals surface area contributed by atoms with Gasteiger partial charge in [0.2, 0.25) is 0 Å². The number of hydrogen-bond donors (Lipinski definition) is 1. The van der Waals surface area contributed by atoms with Gasteiger partial charge in [0.1, 0.15) is 0 Å². The van der Waals surface area contributed by atoms with Gasteiger partial charge in [-0.05, 0) is 19.3 Å². The van der Waals surface area contributed by atoms with Crippen molar-refractivity contribution >= 4 is 15.8 Å². The van der Waals surface area contributed by atoms with Crippen molar-refractivity contribution in [3.05, 3.63) is 0 Å². The van der Waals surface area contributed by atoms with Gasteiger partial charge >= 0.3 is 5.97 Å². The van der Waals surface area contributed by atoms with Crippen LogP contribution >= 0.6 is 0 Å². The zero-order chi connectivity index (χ0) is 12.6. The van der Waals surface area contributed by atoms with Crippen molar-refractivity contribution in [3.8, 4) is 0 Å². The first-order valence-corrected chi connectivity index (χ1v) is 7.95. The fourth-order valence-electron chi connectivity index (χ4n) is 3.10. The lowest BCUT2D eigenvalue weighted by molar-refractivity contribution is -0.142. The number of rotatable bonds is 5. The normalized spacial score (nSPS) is 33.1. The third-order valence-corrected chi connectivity index (χ3v) is 5.78. The Morgan fingerprint density at radius 2 is 2.12 bits per heavy atom. The van der Waals surface area contributed by atoms with Crippen LogP contribution in [0.1, 0.15) is 26.2 Å². The van der Waals surface area contributed by atoms with Gasteiger partial charge in [0.05, 0.1) is 11.7 Å². The second kappa shape index (κ2) is 4.57. The number of hydrogen-bond acceptors (Lipinski definition) is 4. The maximum atomic E-state index is 11.5. The van der Waals surface area contributed by atoms with Crippen LogP contribution in [-0.2, 0) is 14.6 Å². The molecule has 0 aromatic rings. The van der Waals surface area contributed by atoms with Gasteiger partial charge < -0.3 is 5.11 Å². The van der Waals surface area contributed by atoms with Gasteiger partial charge in [-0.1, -0.05) is 6.92 Å². The maximum Gasteiger partial charge on any atom is 0.308 e. The zero-order valence-electron chi connectivity index (χ0n) is 10.0. The molecular weight excluding hydrogens is 242 g/mol. The van der Waals surface area contributed by atoms with E-state index >= 15 is 0 Å². The monoisotopic (exact) mass is 261 g/mol. The minimum absolute atomic E-state index is 0.0598. The average molecular weight is 261 g/mol. The smallest absolute Gasteiger partial charge is 0.308 e. The lowest BCUT2D eigenvalue weighted by atomic mass is 9.89. The summed E-state index contributed by atoms with van der Waals surface area (Å²) in [5, 5.41) is 9.08. The summed E-state index contributed by atoms with van der Waals surface area (Å²) in [6, 6.07) is 0.345. The summed E-state index contributed by atoms with van der Waals surface area (Å²) in [6.07, 6.45) is 2.60. The molecule has 0 radical (unpaired) electrons. The molecule has 0 amide bonds. The van der Waals surface area contributed by atoms with Crippen molar-refractivity contribution in [2.24, 2.45) is 5.92 Å². The molecule has 2 aliphatic rings. The quantitative estimate of drug-likeness (QED) is 0.773. The molecule has 0 aromatic heterocycles. The third kappa shape index (κ3) is 2.47. The molecule has 2 heterocycles. The van der Waals surface area contributed by atoms with Crippen LogP contribution in [0.15, 0.2) is 0 Å². The highest BCUT2D eigenvalue weighted by Gasteiger charge is 2.48. The molecule has 1 N–H and O–H groups in total. The van der Waals surface area contributed by atoms with E-state index in [1.807, 2.05) is 0 Å². The standard InChI is InChI=1S/C11H19NO4S/c1-2-17(15,16)6-5-12-8-3-4-10(12)9(7-8)11(13)14/h8-10H,2-7H2,1H3,(H,13,14). The van der Waals surface area contributed by atoms with Crippen molar-refractivity contribution in [3.63, 3.8) is 0 Å². The zero-order valence-corrected chi connectivity index (χ0v) is 10.8. The highest BCUT2D eigenvalue weighted by Crippen LogP contribution is 2.41. The maximum absolute atomic E-state index is 11.5. The van der Waals surface area contributed by atoms with Crippen molar-refractivity contribution in [1.29, 1.82) is 0 Å². The Bertz CT molecular complexity index is 406. The molecule has 0 aliphatic carbocycles. The lowest BCUT2D eigenvalue weighted by Gasteiger charge is -2.22. The fraction of sp³-hybridized carbons (Fsp3) is 0.909. The molecule has 2 aliphatic heterocycles. The number of fused-ring (bicyclic) bond motifs is 2. The van der Waals surface area contributed by atoms with E-state index in [1.165, 1.54) is 0 Å². The Hall–Kier alpha value is -0.620. The van der Waals surface area contributed by atoms with E-state index in [4.69, 9.17) is 5.11 Å². The van der Waals surface area contributed by atoms with Crippen LogP contribution in [0.3, 0.4) is 0 Å². The van der Waals surface area contributed by atoms with Crippen LogP contribution in [0.5, 0.6) is 0 Å². The predicted octanol–water partition coefficient (Wildman–Crippen LogP) is 0.359. The first-order chi connectivity index (χ1) is 7.94. The summed E-state index contributed by atoms with van der Waals surface area (Å²) in [6.45, 7) is 2.14. The van der Waals surface area contributed by atoms with E-state index in [2.05, 4.69) is 4.90 Å². The second-order valence-electron chi connectivity index (χ2n) is 4.95. The number of sulfone groups is 1. The molecule has 3 unspecified atom stereocenters. The Labute approximate surface area is 102 Å². The fourth-order valence-corrected chi connectivity index (χ4v) is 3.88. The summed E-state index contributed by atoms with van der Waals surface area (Å²) >= 11 is 0. The minimum atomic E-state index is -2.95. The molecule has 17 heavy (non-hydrogen) atoms. The van der Waals surface area contributed by atoms with Crippen molar-refractivity contribution in [2.45, 2.75) is 38.3 Å². The van der Waals surface area contributed by atoms with Gasteiger partial charge in [0.15, 0.2) is 9.84 Å². The van der Waals surface area contributed by atoms with Gasteiger partial charge in [-0.2, -0.15) is 0 Å². The Balaban J connectivity index is 1.98. The number of carboxylic acids is 1. The number of aliphatic carboxylic acids is 1. The summed E-state index contributed by atoms with van der Waals surface area (Å²) in [5.41, 5.74) is 0. The molecule has 5 nitrogen and oxygen atoms in total. The SMILES string of the molecule is CCS(=O)(=O)CCN1C2CCC1C(C(=O)O)C2. The van der Waals surface area contributed by atoms with E-state index in [0.29, 0.717) is 13.0 Å². The van der Waals surface area contributed by atoms with Gasteiger partial charge in [0.25, 0.3) is 0 Å². The highest BCUT2D eigenvalue weighted by molar-refractivity contribution is 7.91. The molecular formula is C11H19NO4S. The van der Waals surface area contributed by atoms with Gasteiger partial charge in [-0.25, -0.2) is 8.42 Å². The largest absolute Gasteiger partial charge is 0.481 e. The van der Waals surface area contributed by atoms with Crippen LogP contribution in [0.2, 0.25) is 0 Å². The van der Waals surface area contributed by atoms with E-state index in [-0.39, 0.29) is 29.5 Å². The predicted molar refractivity (Wildman–Crippen MR) is 63.6 cm³/mol. The molecule has 2 bridgehead atoms. The first-order valence-electron chi connectivity index (χ1n) is 6.13. The van der Waals surface area contributed by atoms with Crippen LogP contribution < -0.4 is 0 Å². The van der Waals surface area contributed by atoms with E-state index in [1.54, 1.807) is 6.92 Å². The van der Waals surface area contributed by atoms with Crippen LogP contribution in [0.4, 0.5) is 0 Å². The summed E-state index contributed by atoms with van der Waals surface area (Å²) < 4.78 is 22.9. The van der Waals surface area contributed by atoms with Crippen molar-refractivity contribution in [1.82, 2.24) is 4.90 Å². The number of carboxylic acid groups (broad SMARTS) is 1. The molecule has 98 valence electrons. The second-order valence-corrected chi connectivity index (χ2v) is 7.43. The Morgan fingerprint density at radius 1 is 1.41 bits per heavy atom. The molecule has 2 rings (SSSR count). The summed E-state index contributed by atoms with van der Waals surface area (Å²) in [5.74, 6) is -0.708. The molecule has 3 atom stereocenters. The summed E-state index contributed by atoms with van der Waals surface area (Å²) in [7, 11) is -2.95. The van der Waals surface area contributed by atoms with Crippen molar-refractivity contribution in [2.75, 3.05) is 18.1 Å². The molecule has 0 aromatic carbocycles. The van der Waals surface area contributed by atoms with E-state index in [0.717, 1.165) is 12.8 Å². The Kier molecular flexibility index (Phi) is 3.45. The highest BCUT2D eigenvalue weighted by atomic mass is 32.2. The molecule has 0 saturated carbocycles. The van der Waals surface area contributed by atoms with Gasteiger partial charge in [-0.3, -0.25) is 9.69 Å². The summed E-state index contributed by atoms with van der Waals surface area (Å²) in [4.78, 5) is 13.2. The third-order valence-electron chi connectivity index (χ3n) is 4.10. The van der Waals surface area contributed by atoms with Crippen LogP contribution in [0, 0.1) is 5.92 Å².